The zero-order chi connectivity index (χ0) is 19.6. The fourth-order valence-corrected chi connectivity index (χ4v) is 4.99. The zero-order valence-corrected chi connectivity index (χ0v) is 21.5. The van der Waals surface area contributed by atoms with Gasteiger partial charge in [-0.3, -0.25) is 0 Å². The summed E-state index contributed by atoms with van der Waals surface area (Å²) in [5, 5.41) is 0. The van der Waals surface area contributed by atoms with Gasteiger partial charge in [0.15, 0.2) is 0 Å². The Morgan fingerprint density at radius 3 is 1.39 bits per heavy atom. The Kier molecular flexibility index (Phi) is 22.4. The Hall–Kier alpha value is 1.25. The maximum Gasteiger partial charge on any atom is 0 e. The average molecular weight is 544 g/mol. The SMILES string of the molecule is CCCCC1CCCC1.CCCCC1CCCC1.CCCCC1[CH][CH]CC1.[Er]. The Morgan fingerprint density at radius 2 is 1.04 bits per heavy atom. The standard InChI is InChI=1S/2C9H18.C9H16.Er/c3*1-2-3-6-9-7-4-5-8-9;/h2*9H,2-8H2,1H3;4,7,9H,2-3,5-6,8H2,1H3;. The van der Waals surface area contributed by atoms with Gasteiger partial charge in [0.2, 0.25) is 0 Å². The zero-order valence-electron chi connectivity index (χ0n) is 19.6. The van der Waals surface area contributed by atoms with Crippen LogP contribution < -0.4 is 0 Å². The van der Waals surface area contributed by atoms with Gasteiger partial charge in [-0.15, -0.1) is 0 Å². The van der Waals surface area contributed by atoms with Crippen molar-refractivity contribution in [3.05, 3.63) is 12.8 Å². The van der Waals surface area contributed by atoms with Gasteiger partial charge in [0.25, 0.3) is 0 Å². The van der Waals surface area contributed by atoms with Crippen molar-refractivity contribution in [1.29, 1.82) is 0 Å². The minimum absolute atomic E-state index is 0. The number of unbranched alkanes of at least 4 members (excludes halogenated alkanes) is 3. The van der Waals surface area contributed by atoms with Crippen LogP contribution >= 0.6 is 0 Å². The van der Waals surface area contributed by atoms with Crippen molar-refractivity contribution in [2.24, 2.45) is 17.8 Å². The molecule has 0 aliphatic heterocycles. The van der Waals surface area contributed by atoms with Gasteiger partial charge in [0.05, 0.1) is 0 Å². The summed E-state index contributed by atoms with van der Waals surface area (Å²) in [6, 6.07) is 0. The summed E-state index contributed by atoms with van der Waals surface area (Å²) < 4.78 is 0. The second-order valence-electron chi connectivity index (χ2n) is 9.49. The van der Waals surface area contributed by atoms with Crippen molar-refractivity contribution in [3.63, 3.8) is 0 Å². The number of rotatable bonds is 9. The minimum atomic E-state index is 0. The predicted molar refractivity (Wildman–Crippen MR) is 124 cm³/mol. The molecular weight excluding hydrogens is 492 g/mol. The van der Waals surface area contributed by atoms with Crippen LogP contribution in [-0.2, 0) is 0 Å². The molecule has 0 aromatic rings. The summed E-state index contributed by atoms with van der Waals surface area (Å²) in [5.41, 5.74) is 0. The van der Waals surface area contributed by atoms with Gasteiger partial charge in [0, 0.05) is 37.3 Å². The van der Waals surface area contributed by atoms with Crippen molar-refractivity contribution < 1.29 is 37.3 Å². The average Bonchev–Trinajstić information content (AvgIpc) is 3.47. The normalized spacial score (nSPS) is 20.2. The van der Waals surface area contributed by atoms with Crippen LogP contribution in [0.1, 0.15) is 143 Å². The van der Waals surface area contributed by atoms with Gasteiger partial charge in [-0.1, -0.05) is 130 Å². The van der Waals surface area contributed by atoms with Crippen LogP contribution in [0, 0.1) is 67.9 Å². The van der Waals surface area contributed by atoms with Crippen LogP contribution in [0.25, 0.3) is 0 Å². The molecule has 172 valence electrons. The Balaban J connectivity index is 0.000000384. The maximum atomic E-state index is 2.38. The van der Waals surface area contributed by atoms with E-state index in [0.29, 0.717) is 0 Å². The maximum absolute atomic E-state index is 2.38. The molecule has 0 aromatic carbocycles. The largest absolute Gasteiger partial charge is 0.0654 e. The number of hydrogen-bond acceptors (Lipinski definition) is 0. The molecule has 0 nitrogen and oxygen atoms in total. The van der Waals surface area contributed by atoms with E-state index in [1.807, 2.05) is 0 Å². The number of hydrogen-bond donors (Lipinski definition) is 0. The minimum Gasteiger partial charge on any atom is -0.0654 e. The molecule has 2 radical (unpaired) electrons. The fourth-order valence-electron chi connectivity index (χ4n) is 4.99. The third-order valence-corrected chi connectivity index (χ3v) is 6.92. The molecule has 0 heterocycles. The molecule has 0 bridgehead atoms. The van der Waals surface area contributed by atoms with Crippen molar-refractivity contribution >= 4 is 0 Å². The topological polar surface area (TPSA) is 0 Å². The molecular formula is C27H52Er. The van der Waals surface area contributed by atoms with Crippen LogP contribution in [0.15, 0.2) is 0 Å². The van der Waals surface area contributed by atoms with E-state index in [4.69, 9.17) is 0 Å². The molecule has 3 saturated carbocycles. The van der Waals surface area contributed by atoms with Gasteiger partial charge in [-0.05, 0) is 43.4 Å². The van der Waals surface area contributed by atoms with E-state index in [1.54, 1.807) is 0 Å². The van der Waals surface area contributed by atoms with Crippen LogP contribution in [0.4, 0.5) is 0 Å². The van der Waals surface area contributed by atoms with E-state index >= 15 is 0 Å². The van der Waals surface area contributed by atoms with Crippen molar-refractivity contribution in [3.8, 4) is 0 Å². The van der Waals surface area contributed by atoms with Gasteiger partial charge in [-0.2, -0.15) is 0 Å². The third kappa shape index (κ3) is 16.0. The van der Waals surface area contributed by atoms with E-state index in [0.717, 1.165) is 17.8 Å². The molecule has 1 heteroatoms. The van der Waals surface area contributed by atoms with E-state index in [2.05, 4.69) is 33.6 Å². The van der Waals surface area contributed by atoms with Gasteiger partial charge < -0.3 is 0 Å². The molecule has 0 N–H and O–H groups in total. The Morgan fingerprint density at radius 1 is 0.607 bits per heavy atom. The van der Waals surface area contributed by atoms with Crippen molar-refractivity contribution in [2.45, 2.75) is 143 Å². The molecule has 0 spiro atoms. The Labute approximate surface area is 209 Å². The first-order chi connectivity index (χ1) is 13.3. The smallest absolute Gasteiger partial charge is 0 e. The molecule has 0 amide bonds. The van der Waals surface area contributed by atoms with Crippen LogP contribution in [0.3, 0.4) is 0 Å². The van der Waals surface area contributed by atoms with E-state index in [1.165, 1.54) is 122 Å². The molecule has 3 aliphatic carbocycles. The first kappa shape index (κ1) is 29.2. The van der Waals surface area contributed by atoms with E-state index < -0.39 is 0 Å². The molecule has 3 rings (SSSR count). The van der Waals surface area contributed by atoms with Gasteiger partial charge in [-0.25, -0.2) is 0 Å². The van der Waals surface area contributed by atoms with E-state index in [9.17, 15) is 0 Å². The molecule has 28 heavy (non-hydrogen) atoms. The second-order valence-corrected chi connectivity index (χ2v) is 9.49. The fraction of sp³-hybridized carbons (Fsp3) is 0.926. The van der Waals surface area contributed by atoms with Crippen molar-refractivity contribution in [2.75, 3.05) is 0 Å². The second kappa shape index (κ2) is 21.5. The summed E-state index contributed by atoms with van der Waals surface area (Å²) in [5.74, 6) is 3.17. The van der Waals surface area contributed by atoms with Crippen LogP contribution in [-0.4, -0.2) is 0 Å². The third-order valence-electron chi connectivity index (χ3n) is 6.92. The van der Waals surface area contributed by atoms with Crippen LogP contribution in [0.2, 0.25) is 0 Å². The first-order valence-electron chi connectivity index (χ1n) is 13.0. The summed E-state index contributed by atoms with van der Waals surface area (Å²) in [4.78, 5) is 0. The molecule has 0 saturated heterocycles. The van der Waals surface area contributed by atoms with Crippen LogP contribution in [0.5, 0.6) is 0 Å². The molecule has 1 atom stereocenters. The molecule has 1 unspecified atom stereocenters. The summed E-state index contributed by atoms with van der Waals surface area (Å²) in [6.07, 6.45) is 32.5. The monoisotopic (exact) mass is 542 g/mol. The summed E-state index contributed by atoms with van der Waals surface area (Å²) >= 11 is 0. The quantitative estimate of drug-likeness (QED) is 0.271. The van der Waals surface area contributed by atoms with Gasteiger partial charge >= 0.3 is 0 Å². The van der Waals surface area contributed by atoms with E-state index in [-0.39, 0.29) is 37.3 Å². The van der Waals surface area contributed by atoms with Crippen molar-refractivity contribution in [1.82, 2.24) is 0 Å². The molecule has 3 aliphatic rings. The predicted octanol–water partition coefficient (Wildman–Crippen LogP) is 9.73. The molecule has 0 aromatic heterocycles. The summed E-state index contributed by atoms with van der Waals surface area (Å²) in [7, 11) is 0. The van der Waals surface area contributed by atoms with Gasteiger partial charge in [0.1, 0.15) is 0 Å². The summed E-state index contributed by atoms with van der Waals surface area (Å²) in [6.45, 7) is 6.84. The Bertz CT molecular complexity index is 235. The molecule has 3 fully saturated rings. The first-order valence-corrected chi connectivity index (χ1v) is 13.0.